The second kappa shape index (κ2) is 36.6. The van der Waals surface area contributed by atoms with E-state index in [-0.39, 0.29) is 32.0 Å². The minimum absolute atomic E-state index is 0.0229. The molecule has 0 amide bonds. The predicted octanol–water partition coefficient (Wildman–Crippen LogP) is 11.9. The molecular formula is C44H81NO8P+. The van der Waals surface area contributed by atoms with Gasteiger partial charge in [-0.3, -0.25) is 18.6 Å². The first-order valence-electron chi connectivity index (χ1n) is 21.4. The Balaban J connectivity index is 4.45. The van der Waals surface area contributed by atoms with Crippen LogP contribution in [0.1, 0.15) is 168 Å². The highest BCUT2D eigenvalue weighted by Gasteiger charge is 2.27. The number of quaternary nitrogens is 1. The quantitative estimate of drug-likeness (QED) is 0.0217. The largest absolute Gasteiger partial charge is 0.472 e. The van der Waals surface area contributed by atoms with E-state index >= 15 is 0 Å². The summed E-state index contributed by atoms with van der Waals surface area (Å²) in [6.07, 6.45) is 41.6. The van der Waals surface area contributed by atoms with Crippen molar-refractivity contribution in [1.29, 1.82) is 0 Å². The molecule has 1 unspecified atom stereocenters. The summed E-state index contributed by atoms with van der Waals surface area (Å²) in [5.74, 6) is -0.848. The summed E-state index contributed by atoms with van der Waals surface area (Å²) in [6, 6.07) is 0. The van der Waals surface area contributed by atoms with E-state index in [2.05, 4.69) is 62.5 Å². The SMILES string of the molecule is CCCC/C=C/CCCCCCCCCCCC(=O)OC[C@H](COP(=O)(O)OCC[N+](C)(C)C)OC(=O)CCCC/C=C/C/C=C/C/C=C/CCCCC. The van der Waals surface area contributed by atoms with Crippen LogP contribution in [0.5, 0.6) is 0 Å². The van der Waals surface area contributed by atoms with E-state index in [0.29, 0.717) is 17.4 Å². The van der Waals surface area contributed by atoms with Crippen molar-refractivity contribution in [2.24, 2.45) is 0 Å². The Morgan fingerprint density at radius 1 is 0.574 bits per heavy atom. The highest BCUT2D eigenvalue weighted by Crippen LogP contribution is 2.43. The first-order valence-corrected chi connectivity index (χ1v) is 22.9. The number of rotatable bonds is 38. The summed E-state index contributed by atoms with van der Waals surface area (Å²) >= 11 is 0. The Hall–Kier alpha value is -2.03. The lowest BCUT2D eigenvalue weighted by molar-refractivity contribution is -0.870. The Bertz CT molecular complexity index is 1070. The molecule has 0 saturated heterocycles. The summed E-state index contributed by atoms with van der Waals surface area (Å²) in [7, 11) is 1.45. The third kappa shape index (κ3) is 39.7. The van der Waals surface area contributed by atoms with Crippen LogP contribution < -0.4 is 0 Å². The van der Waals surface area contributed by atoms with Crippen LogP contribution in [-0.4, -0.2) is 74.9 Å². The van der Waals surface area contributed by atoms with Gasteiger partial charge in [-0.25, -0.2) is 4.57 Å². The van der Waals surface area contributed by atoms with Gasteiger partial charge < -0.3 is 18.9 Å². The van der Waals surface area contributed by atoms with Crippen LogP contribution in [0, 0.1) is 0 Å². The molecule has 0 fully saturated rings. The van der Waals surface area contributed by atoms with Crippen molar-refractivity contribution in [2.75, 3.05) is 47.5 Å². The number of hydrogen-bond donors (Lipinski definition) is 1. The van der Waals surface area contributed by atoms with E-state index in [9.17, 15) is 19.0 Å². The number of phosphoric acid groups is 1. The molecule has 54 heavy (non-hydrogen) atoms. The molecule has 0 aromatic heterocycles. The number of ether oxygens (including phenoxy) is 2. The molecule has 0 heterocycles. The lowest BCUT2D eigenvalue weighted by atomic mass is 10.1. The first-order chi connectivity index (χ1) is 26.0. The predicted molar refractivity (Wildman–Crippen MR) is 224 cm³/mol. The summed E-state index contributed by atoms with van der Waals surface area (Å²) in [5.41, 5.74) is 0. The number of esters is 2. The van der Waals surface area contributed by atoms with Gasteiger partial charge in [-0.2, -0.15) is 0 Å². The van der Waals surface area contributed by atoms with Crippen LogP contribution in [0.25, 0.3) is 0 Å². The number of likely N-dealkylation sites (N-methyl/N-ethyl adjacent to an activating group) is 1. The third-order valence-corrected chi connectivity index (χ3v) is 9.82. The summed E-state index contributed by atoms with van der Waals surface area (Å²) in [6.45, 7) is 4.31. The molecule has 2 atom stereocenters. The first kappa shape index (κ1) is 52.0. The van der Waals surface area contributed by atoms with Gasteiger partial charge in [0.25, 0.3) is 0 Å². The van der Waals surface area contributed by atoms with E-state index in [1.165, 1.54) is 83.5 Å². The summed E-state index contributed by atoms with van der Waals surface area (Å²) in [5, 5.41) is 0. The van der Waals surface area contributed by atoms with E-state index in [1.807, 2.05) is 21.1 Å². The molecule has 0 aliphatic heterocycles. The number of unbranched alkanes of at least 4 members (excludes halogenated alkanes) is 16. The Labute approximate surface area is 331 Å². The fraction of sp³-hybridized carbons (Fsp3) is 0.773. The number of nitrogens with zero attached hydrogens (tertiary/aromatic N) is 1. The Kier molecular flexibility index (Phi) is 35.2. The standard InChI is InChI=1S/C44H80NO8P/c1-6-8-10-12-14-16-18-20-22-24-26-28-30-32-34-36-43(46)50-40-42(41-52-54(48,49)51-39-38-45(3,4)5)53-44(47)37-35-33-31-29-27-25-23-21-19-17-15-13-11-9-7-2/h12,14-15,17,21,23,27,29,42H,6-11,13,16,18-20,22,24-26,28,30-41H2,1-5H3/p+1/b14-12+,17-15+,23-21+,29-27+/t42-/m1/s1. The number of allylic oxidation sites excluding steroid dienone is 8. The van der Waals surface area contributed by atoms with Crippen LogP contribution in [0.2, 0.25) is 0 Å². The maximum Gasteiger partial charge on any atom is 0.472 e. The average molecular weight is 783 g/mol. The van der Waals surface area contributed by atoms with Crippen LogP contribution in [0.4, 0.5) is 0 Å². The van der Waals surface area contributed by atoms with Gasteiger partial charge in [-0.1, -0.05) is 133 Å². The Morgan fingerprint density at radius 2 is 1.02 bits per heavy atom. The lowest BCUT2D eigenvalue weighted by Gasteiger charge is -2.24. The lowest BCUT2D eigenvalue weighted by Crippen LogP contribution is -2.37. The molecule has 0 aliphatic rings. The van der Waals surface area contributed by atoms with Crippen molar-refractivity contribution >= 4 is 19.8 Å². The zero-order valence-corrected chi connectivity index (χ0v) is 36.1. The molecule has 0 radical (unpaired) electrons. The average Bonchev–Trinajstić information content (AvgIpc) is 3.12. The Morgan fingerprint density at radius 3 is 1.59 bits per heavy atom. The monoisotopic (exact) mass is 783 g/mol. The highest BCUT2D eigenvalue weighted by molar-refractivity contribution is 7.47. The van der Waals surface area contributed by atoms with Gasteiger partial charge in [0, 0.05) is 12.8 Å². The van der Waals surface area contributed by atoms with Gasteiger partial charge >= 0.3 is 19.8 Å². The maximum atomic E-state index is 12.6. The van der Waals surface area contributed by atoms with Gasteiger partial charge in [-0.05, 0) is 70.6 Å². The molecule has 0 aromatic carbocycles. The van der Waals surface area contributed by atoms with Crippen LogP contribution >= 0.6 is 7.82 Å². The molecule has 0 spiro atoms. The zero-order valence-electron chi connectivity index (χ0n) is 35.2. The smallest absolute Gasteiger partial charge is 0.462 e. The molecule has 10 heteroatoms. The molecule has 0 bridgehead atoms. The van der Waals surface area contributed by atoms with Crippen molar-refractivity contribution in [1.82, 2.24) is 0 Å². The van der Waals surface area contributed by atoms with E-state index in [4.69, 9.17) is 18.5 Å². The summed E-state index contributed by atoms with van der Waals surface area (Å²) in [4.78, 5) is 35.3. The fourth-order valence-corrected chi connectivity index (χ4v) is 6.15. The minimum Gasteiger partial charge on any atom is -0.462 e. The zero-order chi connectivity index (χ0) is 40.0. The van der Waals surface area contributed by atoms with Gasteiger partial charge in [0.15, 0.2) is 6.10 Å². The van der Waals surface area contributed by atoms with Crippen molar-refractivity contribution in [3.63, 3.8) is 0 Å². The molecule has 1 N–H and O–H groups in total. The molecule has 314 valence electrons. The maximum absolute atomic E-state index is 12.6. The second-order valence-corrected chi connectivity index (χ2v) is 16.8. The molecule has 9 nitrogen and oxygen atoms in total. The minimum atomic E-state index is -4.38. The molecule has 0 rings (SSSR count). The van der Waals surface area contributed by atoms with Gasteiger partial charge in [0.1, 0.15) is 19.8 Å². The normalized spacial score (nSPS) is 14.1. The van der Waals surface area contributed by atoms with Crippen LogP contribution in [0.3, 0.4) is 0 Å². The third-order valence-electron chi connectivity index (χ3n) is 8.83. The van der Waals surface area contributed by atoms with Crippen LogP contribution in [0.15, 0.2) is 48.6 Å². The van der Waals surface area contributed by atoms with E-state index in [1.54, 1.807) is 0 Å². The van der Waals surface area contributed by atoms with Crippen molar-refractivity contribution in [2.45, 2.75) is 174 Å². The topological polar surface area (TPSA) is 108 Å². The van der Waals surface area contributed by atoms with Gasteiger partial charge in [-0.15, -0.1) is 0 Å². The molecule has 0 saturated carbocycles. The van der Waals surface area contributed by atoms with Gasteiger partial charge in [0.2, 0.25) is 0 Å². The number of hydrogen-bond acceptors (Lipinski definition) is 7. The molecular weight excluding hydrogens is 701 g/mol. The number of carbonyl (C=O) groups is 2. The van der Waals surface area contributed by atoms with Crippen molar-refractivity contribution in [3.8, 4) is 0 Å². The van der Waals surface area contributed by atoms with Crippen LogP contribution in [-0.2, 0) is 32.7 Å². The summed E-state index contributed by atoms with van der Waals surface area (Å²) < 4.78 is 34.2. The van der Waals surface area contributed by atoms with Gasteiger partial charge in [0.05, 0.1) is 27.7 Å². The van der Waals surface area contributed by atoms with E-state index in [0.717, 1.165) is 51.4 Å². The second-order valence-electron chi connectivity index (χ2n) is 15.4. The fourth-order valence-electron chi connectivity index (χ4n) is 5.41. The highest BCUT2D eigenvalue weighted by atomic mass is 31.2. The number of phosphoric ester groups is 1. The van der Waals surface area contributed by atoms with E-state index < -0.39 is 26.5 Å². The van der Waals surface area contributed by atoms with Crippen molar-refractivity contribution < 1.29 is 42.1 Å². The van der Waals surface area contributed by atoms with Crippen molar-refractivity contribution in [3.05, 3.63) is 48.6 Å². The number of carbonyl (C=O) groups excluding carboxylic acids is 2. The molecule has 0 aliphatic carbocycles. The molecule has 0 aromatic rings.